The van der Waals surface area contributed by atoms with Crippen molar-refractivity contribution in [3.05, 3.63) is 34.2 Å². The summed E-state index contributed by atoms with van der Waals surface area (Å²) in [6.07, 6.45) is 2.93. The van der Waals surface area contributed by atoms with Crippen molar-refractivity contribution in [2.24, 2.45) is 13.0 Å². The number of nitrogens with zero attached hydrogens (tertiary/aromatic N) is 4. The number of benzene rings is 1. The molecule has 4 rings (SSSR count). The van der Waals surface area contributed by atoms with E-state index in [1.165, 1.54) is 0 Å². The number of hydrogen-bond acceptors (Lipinski definition) is 7. The molecule has 1 aromatic carbocycles. The normalized spacial score (nSPS) is 14.6. The minimum atomic E-state index is -0.337. The number of nitrogens with one attached hydrogen (secondary N) is 2. The summed E-state index contributed by atoms with van der Waals surface area (Å²) < 4.78 is 7.44. The highest BCUT2D eigenvalue weighted by atomic mass is 16.5. The Hall–Kier alpha value is -3.40. The average molecular weight is 455 g/mol. The largest absolute Gasteiger partial charge is 0.493 e. The number of carbonyl (C=O) groups excluding carboxylic acids is 1. The average Bonchev–Trinajstić information content (AvgIpc) is 3.15. The Labute approximate surface area is 191 Å². The molecular weight excluding hydrogens is 424 g/mol. The van der Waals surface area contributed by atoms with Crippen LogP contribution in [-0.2, 0) is 18.3 Å². The maximum atomic E-state index is 12.9. The highest BCUT2D eigenvalue weighted by Gasteiger charge is 2.26. The highest BCUT2D eigenvalue weighted by molar-refractivity contribution is 5.81. The minimum absolute atomic E-state index is 0.198. The van der Waals surface area contributed by atoms with Crippen molar-refractivity contribution in [1.29, 1.82) is 0 Å². The van der Waals surface area contributed by atoms with Gasteiger partial charge in [-0.3, -0.25) is 19.5 Å². The fourth-order valence-electron chi connectivity index (χ4n) is 4.45. The van der Waals surface area contributed by atoms with Crippen LogP contribution in [0.4, 0.5) is 5.69 Å². The number of anilines is 1. The minimum Gasteiger partial charge on any atom is -0.493 e. The molecule has 3 aromatic rings. The number of H-pyrrole nitrogens is 1. The van der Waals surface area contributed by atoms with Crippen molar-refractivity contribution in [3.63, 3.8) is 0 Å². The standard InChI is InChI=1S/C23H30N6O4/c1-4-6-17-19-20(28(3)26-17)23(31)25-21(24-19)16-13-15(7-8-18(16)33-5-2)29-11-9-14(10-12-29)22(30)27-32/h7-8,13-14,32H,4-6,9-12H2,1-3H3,(H,27,30)(H,24,25,31). The lowest BCUT2D eigenvalue weighted by molar-refractivity contribution is -0.134. The van der Waals surface area contributed by atoms with Crippen LogP contribution >= 0.6 is 0 Å². The van der Waals surface area contributed by atoms with Gasteiger partial charge in [-0.15, -0.1) is 0 Å². The van der Waals surface area contributed by atoms with Gasteiger partial charge in [0.1, 0.15) is 17.1 Å². The van der Waals surface area contributed by atoms with Gasteiger partial charge in [-0.05, 0) is 44.4 Å². The van der Waals surface area contributed by atoms with Crippen molar-refractivity contribution in [2.75, 3.05) is 24.6 Å². The van der Waals surface area contributed by atoms with Gasteiger partial charge in [0.05, 0.1) is 17.9 Å². The van der Waals surface area contributed by atoms with E-state index in [-0.39, 0.29) is 17.4 Å². The fraction of sp³-hybridized carbons (Fsp3) is 0.478. The van der Waals surface area contributed by atoms with Crippen molar-refractivity contribution in [2.45, 2.75) is 39.5 Å². The molecule has 3 N–H and O–H groups in total. The summed E-state index contributed by atoms with van der Waals surface area (Å²) in [5.74, 6) is 0.546. The predicted molar refractivity (Wildman–Crippen MR) is 125 cm³/mol. The van der Waals surface area contributed by atoms with E-state index in [0.717, 1.165) is 24.2 Å². The van der Waals surface area contributed by atoms with Gasteiger partial charge >= 0.3 is 0 Å². The maximum absolute atomic E-state index is 12.9. The molecule has 0 aliphatic carbocycles. The second-order valence-electron chi connectivity index (χ2n) is 8.28. The van der Waals surface area contributed by atoms with Gasteiger partial charge in [0, 0.05) is 31.7 Å². The third-order valence-corrected chi connectivity index (χ3v) is 6.11. The molecule has 1 aliphatic rings. The van der Waals surface area contributed by atoms with Gasteiger partial charge in [0.2, 0.25) is 5.91 Å². The lowest BCUT2D eigenvalue weighted by Crippen LogP contribution is -2.39. The van der Waals surface area contributed by atoms with Crippen LogP contribution < -0.4 is 20.7 Å². The fourth-order valence-corrected chi connectivity index (χ4v) is 4.45. The molecule has 0 unspecified atom stereocenters. The predicted octanol–water partition coefficient (Wildman–Crippen LogP) is 2.40. The smallest absolute Gasteiger partial charge is 0.277 e. The number of ether oxygens (including phenoxy) is 1. The number of hydrogen-bond donors (Lipinski definition) is 3. The van der Waals surface area contributed by atoms with Gasteiger partial charge in [-0.1, -0.05) is 13.3 Å². The zero-order valence-corrected chi connectivity index (χ0v) is 19.2. The number of fused-ring (bicyclic) bond motifs is 1. The van der Waals surface area contributed by atoms with Crippen LogP contribution in [0.2, 0.25) is 0 Å². The maximum Gasteiger partial charge on any atom is 0.277 e. The van der Waals surface area contributed by atoms with Crippen LogP contribution in [-0.4, -0.2) is 50.6 Å². The van der Waals surface area contributed by atoms with Gasteiger partial charge in [-0.2, -0.15) is 5.10 Å². The van der Waals surface area contributed by atoms with Gasteiger partial charge < -0.3 is 14.6 Å². The van der Waals surface area contributed by atoms with Crippen molar-refractivity contribution < 1.29 is 14.7 Å². The van der Waals surface area contributed by atoms with Crippen LogP contribution in [0, 0.1) is 5.92 Å². The third-order valence-electron chi connectivity index (χ3n) is 6.11. The van der Waals surface area contributed by atoms with E-state index in [2.05, 4.69) is 21.9 Å². The van der Waals surface area contributed by atoms with E-state index < -0.39 is 0 Å². The van der Waals surface area contributed by atoms with Crippen LogP contribution in [0.3, 0.4) is 0 Å². The number of aryl methyl sites for hydroxylation is 2. The Morgan fingerprint density at radius 3 is 2.73 bits per heavy atom. The van der Waals surface area contributed by atoms with Crippen LogP contribution in [0.5, 0.6) is 5.75 Å². The zero-order valence-electron chi connectivity index (χ0n) is 19.2. The highest BCUT2D eigenvalue weighted by Crippen LogP contribution is 2.34. The van der Waals surface area contributed by atoms with Crippen molar-refractivity contribution in [3.8, 4) is 17.1 Å². The summed E-state index contributed by atoms with van der Waals surface area (Å²) >= 11 is 0. The molecule has 0 saturated carbocycles. The summed E-state index contributed by atoms with van der Waals surface area (Å²) in [5.41, 5.74) is 5.05. The van der Waals surface area contributed by atoms with E-state index in [1.807, 2.05) is 25.1 Å². The molecule has 10 nitrogen and oxygen atoms in total. The Morgan fingerprint density at radius 1 is 1.30 bits per heavy atom. The number of aromatic nitrogens is 4. The molecule has 0 spiro atoms. The lowest BCUT2D eigenvalue weighted by atomic mass is 9.95. The number of carbonyl (C=O) groups is 1. The van der Waals surface area contributed by atoms with Gasteiger partial charge in [-0.25, -0.2) is 10.5 Å². The summed E-state index contributed by atoms with van der Waals surface area (Å²) in [7, 11) is 1.75. The first-order valence-corrected chi connectivity index (χ1v) is 11.4. The van der Waals surface area contributed by atoms with Gasteiger partial charge in [0.15, 0.2) is 5.52 Å². The lowest BCUT2D eigenvalue weighted by Gasteiger charge is -2.33. The second-order valence-corrected chi connectivity index (χ2v) is 8.28. The Morgan fingerprint density at radius 2 is 2.06 bits per heavy atom. The SMILES string of the molecule is CCCc1nn(C)c2c(=O)[nH]c(-c3cc(N4CCC(C(=O)NO)CC4)ccc3OCC)nc12. The van der Waals surface area contributed by atoms with E-state index in [9.17, 15) is 9.59 Å². The summed E-state index contributed by atoms with van der Waals surface area (Å²) in [6, 6.07) is 5.84. The molecule has 1 fully saturated rings. The topological polar surface area (TPSA) is 125 Å². The van der Waals surface area contributed by atoms with E-state index in [1.54, 1.807) is 17.2 Å². The number of amides is 1. The monoisotopic (exact) mass is 454 g/mol. The number of piperidine rings is 1. The van der Waals surface area contributed by atoms with E-state index in [0.29, 0.717) is 60.7 Å². The molecule has 1 saturated heterocycles. The molecule has 0 bridgehead atoms. The summed E-state index contributed by atoms with van der Waals surface area (Å²) in [5, 5.41) is 13.4. The molecular formula is C23H30N6O4. The molecule has 3 heterocycles. The molecule has 2 aromatic heterocycles. The molecule has 1 amide bonds. The van der Waals surface area contributed by atoms with E-state index in [4.69, 9.17) is 14.9 Å². The zero-order chi connectivity index (χ0) is 23.5. The van der Waals surface area contributed by atoms with E-state index >= 15 is 0 Å². The van der Waals surface area contributed by atoms with Crippen molar-refractivity contribution in [1.82, 2.24) is 25.2 Å². The van der Waals surface area contributed by atoms with Crippen LogP contribution in [0.15, 0.2) is 23.0 Å². The first-order valence-electron chi connectivity index (χ1n) is 11.4. The molecule has 0 radical (unpaired) electrons. The van der Waals surface area contributed by atoms with Crippen LogP contribution in [0.25, 0.3) is 22.4 Å². The first-order chi connectivity index (χ1) is 16.0. The molecule has 33 heavy (non-hydrogen) atoms. The summed E-state index contributed by atoms with van der Waals surface area (Å²) in [6.45, 7) is 5.82. The Balaban J connectivity index is 1.74. The number of rotatable bonds is 7. The Kier molecular flexibility index (Phi) is 6.64. The number of hydroxylamine groups is 1. The molecule has 1 aliphatic heterocycles. The molecule has 0 atom stereocenters. The first kappa shape index (κ1) is 22.8. The third kappa shape index (κ3) is 4.43. The van der Waals surface area contributed by atoms with Gasteiger partial charge in [0.25, 0.3) is 5.56 Å². The molecule has 176 valence electrons. The second kappa shape index (κ2) is 9.62. The number of aromatic amines is 1. The van der Waals surface area contributed by atoms with Crippen LogP contribution in [0.1, 0.15) is 38.8 Å². The Bertz CT molecular complexity index is 1210. The molecule has 10 heteroatoms. The quantitative estimate of drug-likeness (QED) is 0.370. The van der Waals surface area contributed by atoms with Crippen molar-refractivity contribution >= 4 is 22.6 Å². The summed E-state index contributed by atoms with van der Waals surface area (Å²) in [4.78, 5) is 34.6.